The molecule has 0 saturated carbocycles. The van der Waals surface area contributed by atoms with E-state index in [0.29, 0.717) is 6.04 Å². The molecule has 18 heavy (non-hydrogen) atoms. The van der Waals surface area contributed by atoms with Gasteiger partial charge >= 0.3 is 0 Å². The van der Waals surface area contributed by atoms with Gasteiger partial charge in [0.15, 0.2) is 0 Å². The second-order valence-electron chi connectivity index (χ2n) is 4.72. The van der Waals surface area contributed by atoms with Crippen molar-refractivity contribution in [1.29, 1.82) is 0 Å². The van der Waals surface area contributed by atoms with Crippen molar-refractivity contribution < 1.29 is 0 Å². The highest BCUT2D eigenvalue weighted by Gasteiger charge is 2.21. The molecule has 1 heterocycles. The minimum absolute atomic E-state index is 0.488. The Morgan fingerprint density at radius 3 is 2.56 bits per heavy atom. The number of piperazine rings is 1. The van der Waals surface area contributed by atoms with Crippen LogP contribution in [0.2, 0.25) is 5.02 Å². The zero-order valence-electron chi connectivity index (χ0n) is 10.7. The number of nitrogens with zero attached hydrogens (tertiary/aromatic N) is 1. The average molecular weight is 265 g/mol. The van der Waals surface area contributed by atoms with Crippen LogP contribution in [0.5, 0.6) is 0 Å². The van der Waals surface area contributed by atoms with Gasteiger partial charge in [-0.15, -0.1) is 6.58 Å². The van der Waals surface area contributed by atoms with Crippen LogP contribution < -0.4 is 5.32 Å². The van der Waals surface area contributed by atoms with Crippen LogP contribution in [0.15, 0.2) is 36.9 Å². The van der Waals surface area contributed by atoms with Crippen molar-refractivity contribution in [2.75, 3.05) is 26.2 Å². The number of halogens is 1. The third-order valence-electron chi connectivity index (χ3n) is 3.49. The summed E-state index contributed by atoms with van der Waals surface area (Å²) < 4.78 is 0. The fourth-order valence-electron chi connectivity index (χ4n) is 2.51. The standard InChI is InChI=1S/C15H21ClN2/c1-2-3-4-15(18-11-9-17-10-12-18)13-5-7-14(16)8-6-13/h2,5-8,15,17H,1,3-4,9-12H2/t15-/m0/s1. The molecule has 0 aromatic heterocycles. The Labute approximate surface area is 115 Å². The first kappa shape index (κ1) is 13.6. The first-order valence-electron chi connectivity index (χ1n) is 6.62. The Morgan fingerprint density at radius 2 is 1.94 bits per heavy atom. The normalized spacial score (nSPS) is 18.5. The molecule has 1 N–H and O–H groups in total. The molecule has 0 amide bonds. The smallest absolute Gasteiger partial charge is 0.0406 e. The van der Waals surface area contributed by atoms with Gasteiger partial charge in [0.1, 0.15) is 0 Å². The van der Waals surface area contributed by atoms with Gasteiger partial charge in [-0.3, -0.25) is 4.90 Å². The van der Waals surface area contributed by atoms with Crippen molar-refractivity contribution in [3.05, 3.63) is 47.5 Å². The van der Waals surface area contributed by atoms with Gasteiger partial charge in [-0.25, -0.2) is 0 Å². The maximum absolute atomic E-state index is 5.97. The minimum Gasteiger partial charge on any atom is -0.314 e. The van der Waals surface area contributed by atoms with Gasteiger partial charge in [0.2, 0.25) is 0 Å². The van der Waals surface area contributed by atoms with E-state index in [1.807, 2.05) is 18.2 Å². The van der Waals surface area contributed by atoms with E-state index in [1.165, 1.54) is 5.56 Å². The molecule has 0 radical (unpaired) electrons. The zero-order valence-corrected chi connectivity index (χ0v) is 11.5. The fraction of sp³-hybridized carbons (Fsp3) is 0.467. The number of benzene rings is 1. The lowest BCUT2D eigenvalue weighted by Crippen LogP contribution is -2.45. The number of rotatable bonds is 5. The molecule has 0 spiro atoms. The molecule has 98 valence electrons. The molecule has 1 aliphatic heterocycles. The van der Waals surface area contributed by atoms with E-state index < -0.39 is 0 Å². The molecule has 0 bridgehead atoms. The third-order valence-corrected chi connectivity index (χ3v) is 3.74. The maximum Gasteiger partial charge on any atom is 0.0406 e. The lowest BCUT2D eigenvalue weighted by molar-refractivity contribution is 0.166. The van der Waals surface area contributed by atoms with E-state index >= 15 is 0 Å². The van der Waals surface area contributed by atoms with Gasteiger partial charge in [-0.2, -0.15) is 0 Å². The van der Waals surface area contributed by atoms with Crippen LogP contribution in [-0.4, -0.2) is 31.1 Å². The quantitative estimate of drug-likeness (QED) is 0.822. The van der Waals surface area contributed by atoms with Crippen LogP contribution in [0.4, 0.5) is 0 Å². The van der Waals surface area contributed by atoms with E-state index in [2.05, 4.69) is 28.9 Å². The van der Waals surface area contributed by atoms with E-state index in [-0.39, 0.29) is 0 Å². The predicted octanol–water partition coefficient (Wildman–Crippen LogP) is 3.25. The molecule has 2 nitrogen and oxygen atoms in total. The first-order valence-corrected chi connectivity index (χ1v) is 7.00. The van der Waals surface area contributed by atoms with E-state index in [4.69, 9.17) is 11.6 Å². The highest BCUT2D eigenvalue weighted by Crippen LogP contribution is 2.27. The molecular formula is C15H21ClN2. The second kappa shape index (κ2) is 6.93. The Bertz CT molecular complexity index is 369. The molecule has 1 atom stereocenters. The number of hydrogen-bond acceptors (Lipinski definition) is 2. The first-order chi connectivity index (χ1) is 8.81. The van der Waals surface area contributed by atoms with Crippen molar-refractivity contribution in [3.8, 4) is 0 Å². The highest BCUT2D eigenvalue weighted by molar-refractivity contribution is 6.30. The minimum atomic E-state index is 0.488. The lowest BCUT2D eigenvalue weighted by atomic mass is 9.99. The SMILES string of the molecule is C=CCC[C@@H](c1ccc(Cl)cc1)N1CCNCC1. The van der Waals surface area contributed by atoms with Crippen molar-refractivity contribution >= 4 is 11.6 Å². The largest absolute Gasteiger partial charge is 0.314 e. The zero-order chi connectivity index (χ0) is 12.8. The molecule has 1 aliphatic rings. The molecule has 0 unspecified atom stereocenters. The molecule has 1 aromatic carbocycles. The summed E-state index contributed by atoms with van der Waals surface area (Å²) in [5.74, 6) is 0. The van der Waals surface area contributed by atoms with E-state index in [1.54, 1.807) is 0 Å². The van der Waals surface area contributed by atoms with Gasteiger partial charge in [-0.1, -0.05) is 29.8 Å². The van der Waals surface area contributed by atoms with Crippen molar-refractivity contribution in [2.24, 2.45) is 0 Å². The highest BCUT2D eigenvalue weighted by atomic mass is 35.5. The van der Waals surface area contributed by atoms with Crippen molar-refractivity contribution in [1.82, 2.24) is 10.2 Å². The molecule has 0 aliphatic carbocycles. The Morgan fingerprint density at radius 1 is 1.28 bits per heavy atom. The lowest BCUT2D eigenvalue weighted by Gasteiger charge is -2.35. The van der Waals surface area contributed by atoms with Crippen LogP contribution in [0.3, 0.4) is 0 Å². The topological polar surface area (TPSA) is 15.3 Å². The summed E-state index contributed by atoms with van der Waals surface area (Å²) in [6, 6.07) is 8.76. The fourth-order valence-corrected chi connectivity index (χ4v) is 2.64. The molecule has 1 fully saturated rings. The molecule has 1 aromatic rings. The van der Waals surface area contributed by atoms with Crippen molar-refractivity contribution in [2.45, 2.75) is 18.9 Å². The molecule has 3 heteroatoms. The number of hydrogen-bond donors (Lipinski definition) is 1. The van der Waals surface area contributed by atoms with E-state index in [0.717, 1.165) is 44.0 Å². The van der Waals surface area contributed by atoms with Gasteiger partial charge < -0.3 is 5.32 Å². The van der Waals surface area contributed by atoms with E-state index in [9.17, 15) is 0 Å². The Kier molecular flexibility index (Phi) is 5.24. The Hall–Kier alpha value is -0.830. The van der Waals surface area contributed by atoms with Crippen LogP contribution in [0.1, 0.15) is 24.4 Å². The third kappa shape index (κ3) is 3.58. The number of allylic oxidation sites excluding steroid dienone is 1. The molecular weight excluding hydrogens is 244 g/mol. The second-order valence-corrected chi connectivity index (χ2v) is 5.16. The maximum atomic E-state index is 5.97. The molecule has 1 saturated heterocycles. The van der Waals surface area contributed by atoms with Gasteiger partial charge in [0.25, 0.3) is 0 Å². The molecule has 2 rings (SSSR count). The van der Waals surface area contributed by atoms with Crippen LogP contribution in [0, 0.1) is 0 Å². The number of nitrogens with one attached hydrogen (secondary N) is 1. The van der Waals surface area contributed by atoms with Gasteiger partial charge in [0.05, 0.1) is 0 Å². The van der Waals surface area contributed by atoms with Gasteiger partial charge in [-0.05, 0) is 30.5 Å². The monoisotopic (exact) mass is 264 g/mol. The van der Waals surface area contributed by atoms with Crippen LogP contribution in [-0.2, 0) is 0 Å². The van der Waals surface area contributed by atoms with Gasteiger partial charge in [0, 0.05) is 37.2 Å². The summed E-state index contributed by atoms with van der Waals surface area (Å²) in [4.78, 5) is 2.56. The average Bonchev–Trinajstić information content (AvgIpc) is 2.42. The van der Waals surface area contributed by atoms with Crippen LogP contribution >= 0.6 is 11.6 Å². The Balaban J connectivity index is 2.12. The predicted molar refractivity (Wildman–Crippen MR) is 78.1 cm³/mol. The summed E-state index contributed by atoms with van der Waals surface area (Å²) in [7, 11) is 0. The summed E-state index contributed by atoms with van der Waals surface area (Å²) in [5.41, 5.74) is 1.36. The van der Waals surface area contributed by atoms with Crippen LogP contribution in [0.25, 0.3) is 0 Å². The van der Waals surface area contributed by atoms with Crippen molar-refractivity contribution in [3.63, 3.8) is 0 Å². The summed E-state index contributed by atoms with van der Waals surface area (Å²) in [6.07, 6.45) is 4.19. The summed E-state index contributed by atoms with van der Waals surface area (Å²) in [6.45, 7) is 8.23. The summed E-state index contributed by atoms with van der Waals surface area (Å²) in [5, 5.41) is 4.21. The summed E-state index contributed by atoms with van der Waals surface area (Å²) >= 11 is 5.97.